The predicted molar refractivity (Wildman–Crippen MR) is 14.4 cm³/mol. The van der Waals surface area contributed by atoms with Gasteiger partial charge in [0.15, 0.2) is 0 Å². The van der Waals surface area contributed by atoms with Crippen molar-refractivity contribution in [3.05, 3.63) is 0 Å². The van der Waals surface area contributed by atoms with Crippen LogP contribution in [0.2, 0.25) is 0 Å². The molecule has 0 aliphatic carbocycles. The van der Waals surface area contributed by atoms with Crippen LogP contribution in [-0.2, 0) is 21.9 Å². The van der Waals surface area contributed by atoms with Crippen molar-refractivity contribution in [3.63, 3.8) is 0 Å². The molecule has 0 aromatic carbocycles. The second kappa shape index (κ2) is 9.89. The van der Waals surface area contributed by atoms with Gasteiger partial charge in [-0.1, -0.05) is 0 Å². The minimum Gasteiger partial charge on any atom is -1.00 e. The van der Waals surface area contributed by atoms with E-state index in [0.717, 1.165) is 0 Å². The monoisotopic (exact) mass is 164 g/mol. The van der Waals surface area contributed by atoms with E-state index in [-0.39, 0.29) is 48.1 Å². The van der Waals surface area contributed by atoms with Gasteiger partial charge in [0.2, 0.25) is 0 Å². The first kappa shape index (κ1) is 15.7. The van der Waals surface area contributed by atoms with Crippen LogP contribution in [0.3, 0.4) is 0 Å². The van der Waals surface area contributed by atoms with Crippen molar-refractivity contribution in [2.75, 3.05) is 0 Å². The smallest absolute Gasteiger partial charge is 1.00 e. The van der Waals surface area contributed by atoms with Gasteiger partial charge >= 0.3 is 35.7 Å². The van der Waals surface area contributed by atoms with Crippen molar-refractivity contribution in [1.82, 2.24) is 0 Å². The topological polar surface area (TPSA) is 72.5 Å². The molecule has 0 atom stereocenters. The van der Waals surface area contributed by atoms with Crippen LogP contribution >= 0.6 is 0 Å². The van der Waals surface area contributed by atoms with E-state index in [1.54, 1.807) is 0 Å². The molecule has 0 amide bonds. The van der Waals surface area contributed by atoms with E-state index in [0.29, 0.717) is 0 Å². The molecule has 3 N–H and O–H groups in total. The molecule has 0 unspecified atom stereocenters. The van der Waals surface area contributed by atoms with Gasteiger partial charge in [-0.2, -0.15) is 5.90 Å². The average molecular weight is 165 g/mol. The maximum atomic E-state index is 9.02. The maximum absolute atomic E-state index is 9.02. The van der Waals surface area contributed by atoms with E-state index >= 15 is 0 Å². The summed E-state index contributed by atoms with van der Waals surface area (Å²) < 4.78 is 0. The molecule has 6 heteroatoms. The van der Waals surface area contributed by atoms with Crippen molar-refractivity contribution in [2.45, 2.75) is 0 Å². The maximum Gasteiger partial charge on any atom is 1.00 e. The number of hydrogen-bond acceptors (Lipinski definition) is 3. The summed E-state index contributed by atoms with van der Waals surface area (Å²) >= 11 is 0. The summed E-state index contributed by atoms with van der Waals surface area (Å²) in [6.07, 6.45) is -1.47. The molecular formula is CH4CuNNaO3. The van der Waals surface area contributed by atoms with Gasteiger partial charge in [0.05, 0.1) is 0 Å². The molecule has 7 heavy (non-hydrogen) atoms. The van der Waals surface area contributed by atoms with Gasteiger partial charge in [-0.05, 0) is 0 Å². The molecule has 43 valence electrons. The Bertz CT molecular complexity index is 54.5. The number of carboxylic acid groups (broad SMARTS) is 1. The van der Waals surface area contributed by atoms with Gasteiger partial charge in [-0.15, -0.1) is 0 Å². The van der Waals surface area contributed by atoms with Crippen LogP contribution in [0.1, 0.15) is 1.43 Å². The Kier molecular flexibility index (Phi) is 22.1. The number of rotatable bonds is 0. The van der Waals surface area contributed by atoms with E-state index < -0.39 is 6.16 Å². The zero-order valence-corrected chi connectivity index (χ0v) is 6.58. The Morgan fingerprint density at radius 3 is 2.00 bits per heavy atom. The molecule has 0 saturated heterocycles. The second-order valence-corrected chi connectivity index (χ2v) is 0.384. The molecule has 0 rings (SSSR count). The Hall–Kier alpha value is 0.749. The normalized spacial score (nSPS) is 4.71. The van der Waals surface area contributed by atoms with Crippen molar-refractivity contribution in [2.24, 2.45) is 5.90 Å². The van der Waals surface area contributed by atoms with Crippen LogP contribution in [0.25, 0.3) is 0 Å². The fourth-order valence-corrected chi connectivity index (χ4v) is 0. The zero-order valence-electron chi connectivity index (χ0n) is 4.64. The first-order valence-electron chi connectivity index (χ1n) is 0.868. The van der Waals surface area contributed by atoms with Gasteiger partial charge in [-0.3, -0.25) is 0 Å². The van der Waals surface area contributed by atoms with Gasteiger partial charge in [-0.25, -0.2) is 4.79 Å². The van der Waals surface area contributed by atoms with Gasteiger partial charge in [0, 0.05) is 17.1 Å². The van der Waals surface area contributed by atoms with Crippen molar-refractivity contribution < 1.29 is 62.8 Å². The summed E-state index contributed by atoms with van der Waals surface area (Å²) in [5.74, 6) is 4.07. The van der Waals surface area contributed by atoms with E-state index in [1.165, 1.54) is 0 Å². The average Bonchev–Trinajstić information content (AvgIpc) is 1.38. The fraction of sp³-hybridized carbons (Fsp3) is 0. The Balaban J connectivity index is -0.0000000267. The van der Waals surface area contributed by atoms with E-state index in [1.807, 2.05) is 0 Å². The second-order valence-electron chi connectivity index (χ2n) is 0.384. The Labute approximate surface area is 74.6 Å². The Morgan fingerprint density at radius 1 is 1.86 bits per heavy atom. The molecule has 0 aliphatic rings. The van der Waals surface area contributed by atoms with Crippen molar-refractivity contribution >= 4 is 6.16 Å². The summed E-state index contributed by atoms with van der Waals surface area (Å²) in [4.78, 5) is 12.2. The molecule has 0 aromatic heterocycles. The van der Waals surface area contributed by atoms with Crippen LogP contribution in [0, 0.1) is 0 Å². The van der Waals surface area contributed by atoms with Crippen molar-refractivity contribution in [3.8, 4) is 0 Å². The molecule has 0 heterocycles. The summed E-state index contributed by atoms with van der Waals surface area (Å²) in [5.41, 5.74) is 0. The predicted octanol–water partition coefficient (Wildman–Crippen LogP) is -3.33. The third-order valence-electron chi connectivity index (χ3n) is 0.101. The summed E-state index contributed by atoms with van der Waals surface area (Å²) in [7, 11) is 0. The number of hydrogen-bond donors (Lipinski definition) is 2. The Morgan fingerprint density at radius 2 is 2.00 bits per heavy atom. The van der Waals surface area contributed by atoms with E-state index in [4.69, 9.17) is 9.90 Å². The summed E-state index contributed by atoms with van der Waals surface area (Å²) in [6.45, 7) is 0. The molecule has 0 aliphatic heterocycles. The molecule has 1 radical (unpaired) electrons. The molecule has 0 spiro atoms. The molecule has 0 fully saturated rings. The standard InChI is InChI=1S/CH3NO3.Cu.Na.H/c2-5-1(3)4;;;/h2H2,(H,3,4);;;/q;;+1;-1. The number of carbonyl (C=O) groups is 1. The molecule has 4 nitrogen and oxygen atoms in total. The third kappa shape index (κ3) is 20.1. The summed E-state index contributed by atoms with van der Waals surface area (Å²) in [6, 6.07) is 0. The van der Waals surface area contributed by atoms with Crippen LogP contribution in [0.4, 0.5) is 4.79 Å². The van der Waals surface area contributed by atoms with Crippen LogP contribution in [0.15, 0.2) is 0 Å². The largest absolute Gasteiger partial charge is 1.00 e. The first-order valence-corrected chi connectivity index (χ1v) is 0.868. The van der Waals surface area contributed by atoms with E-state index in [2.05, 4.69) is 10.7 Å². The molecular weight excluding hydrogens is 161 g/mol. The third-order valence-corrected chi connectivity index (χ3v) is 0.101. The number of nitrogens with two attached hydrogens (primary N) is 1. The summed E-state index contributed by atoms with van der Waals surface area (Å²) in [5, 5.41) is 7.38. The SMILES string of the molecule is NOC(=O)O.[Cu].[H-].[Na+]. The zero-order chi connectivity index (χ0) is 4.28. The van der Waals surface area contributed by atoms with Gasteiger partial charge in [0.1, 0.15) is 0 Å². The van der Waals surface area contributed by atoms with Gasteiger partial charge in [0.25, 0.3) is 0 Å². The van der Waals surface area contributed by atoms with Crippen LogP contribution in [-0.4, -0.2) is 11.3 Å². The van der Waals surface area contributed by atoms with Crippen LogP contribution < -0.4 is 35.5 Å². The van der Waals surface area contributed by atoms with Crippen molar-refractivity contribution in [1.29, 1.82) is 0 Å². The minimum atomic E-state index is -1.47. The fourth-order valence-electron chi connectivity index (χ4n) is 0. The minimum absolute atomic E-state index is 0. The quantitative estimate of drug-likeness (QED) is 0.290. The van der Waals surface area contributed by atoms with E-state index in [9.17, 15) is 0 Å². The molecule has 0 bridgehead atoms. The molecule has 0 saturated carbocycles. The first-order chi connectivity index (χ1) is 2.27. The van der Waals surface area contributed by atoms with Gasteiger partial charge < -0.3 is 11.4 Å². The molecule has 0 aromatic rings. The van der Waals surface area contributed by atoms with Crippen LogP contribution in [0.5, 0.6) is 0 Å².